The Bertz CT molecular complexity index is 818. The molecule has 0 aliphatic carbocycles. The van der Waals surface area contributed by atoms with E-state index in [9.17, 15) is 0 Å². The Morgan fingerprint density at radius 3 is 2.52 bits per heavy atom. The van der Waals surface area contributed by atoms with Crippen LogP contribution in [0.25, 0.3) is 16.7 Å². The Morgan fingerprint density at radius 1 is 1.14 bits per heavy atom. The molecule has 0 aliphatic rings. The number of hydrogen-bond acceptors (Lipinski definition) is 2. The fourth-order valence-corrected chi connectivity index (χ4v) is 3.05. The number of hydrogen-bond donors (Lipinski definition) is 1. The maximum Gasteiger partial charge on any atom is 0.100 e. The molecule has 1 aromatic heterocycles. The van der Waals surface area contributed by atoms with Crippen molar-refractivity contribution < 1.29 is 0 Å². The van der Waals surface area contributed by atoms with Gasteiger partial charge in [0.05, 0.1) is 16.7 Å². The van der Waals surface area contributed by atoms with Gasteiger partial charge in [-0.25, -0.2) is 4.98 Å². The lowest BCUT2D eigenvalue weighted by molar-refractivity contribution is 0.816. The van der Waals surface area contributed by atoms with Crippen LogP contribution in [0.5, 0.6) is 0 Å². The largest absolute Gasteiger partial charge is 0.324 e. The van der Waals surface area contributed by atoms with Crippen LogP contribution in [0.4, 0.5) is 0 Å². The van der Waals surface area contributed by atoms with Gasteiger partial charge >= 0.3 is 0 Å². The zero-order valence-corrected chi connectivity index (χ0v) is 14.0. The second-order valence-corrected chi connectivity index (χ2v) is 6.39. The van der Waals surface area contributed by atoms with Gasteiger partial charge in [0.15, 0.2) is 0 Å². The highest BCUT2D eigenvalue weighted by Crippen LogP contribution is 2.28. The highest BCUT2D eigenvalue weighted by Gasteiger charge is 2.10. The highest BCUT2D eigenvalue weighted by atomic mass is 79.9. The molecule has 0 aliphatic heterocycles. The van der Waals surface area contributed by atoms with Crippen LogP contribution < -0.4 is 5.73 Å². The molecule has 0 radical (unpaired) electrons. The second kappa shape index (κ2) is 5.28. The van der Waals surface area contributed by atoms with E-state index in [2.05, 4.69) is 69.7 Å². The second-order valence-electron chi connectivity index (χ2n) is 5.54. The molecule has 21 heavy (non-hydrogen) atoms. The van der Waals surface area contributed by atoms with E-state index in [0.717, 1.165) is 26.8 Å². The van der Waals surface area contributed by atoms with Crippen LogP contribution in [0.15, 0.2) is 41.1 Å². The van der Waals surface area contributed by atoms with Crippen molar-refractivity contribution in [2.24, 2.45) is 5.73 Å². The fourth-order valence-electron chi connectivity index (χ4n) is 2.46. The van der Waals surface area contributed by atoms with E-state index in [4.69, 9.17) is 5.73 Å². The molecule has 0 saturated carbocycles. The number of imidazole rings is 1. The number of benzene rings is 2. The number of halogens is 1. The Hall–Kier alpha value is -1.65. The van der Waals surface area contributed by atoms with Gasteiger partial charge < -0.3 is 5.73 Å². The lowest BCUT2D eigenvalue weighted by Crippen LogP contribution is -2.05. The topological polar surface area (TPSA) is 43.8 Å². The predicted molar refractivity (Wildman–Crippen MR) is 90.8 cm³/mol. The lowest BCUT2D eigenvalue weighted by atomic mass is 10.1. The molecule has 1 heterocycles. The maximum atomic E-state index is 5.94. The zero-order valence-electron chi connectivity index (χ0n) is 12.4. The molecule has 3 rings (SSSR count). The zero-order chi connectivity index (χ0) is 15.1. The first-order valence-electron chi connectivity index (χ1n) is 6.97. The summed E-state index contributed by atoms with van der Waals surface area (Å²) in [5, 5.41) is 0. The molecule has 4 heteroatoms. The Balaban J connectivity index is 2.19. The highest BCUT2D eigenvalue weighted by molar-refractivity contribution is 9.10. The van der Waals surface area contributed by atoms with Crippen LogP contribution in [0, 0.1) is 13.8 Å². The molecule has 3 aromatic rings. The van der Waals surface area contributed by atoms with Crippen LogP contribution in [-0.2, 0) is 0 Å². The third-order valence-corrected chi connectivity index (χ3v) is 4.55. The van der Waals surface area contributed by atoms with Crippen molar-refractivity contribution in [1.82, 2.24) is 9.55 Å². The minimum Gasteiger partial charge on any atom is -0.324 e. The Kier molecular flexibility index (Phi) is 3.59. The smallest absolute Gasteiger partial charge is 0.100 e. The van der Waals surface area contributed by atoms with Gasteiger partial charge in [-0.3, -0.25) is 4.57 Å². The summed E-state index contributed by atoms with van der Waals surface area (Å²) in [6, 6.07) is 10.6. The van der Waals surface area contributed by atoms with E-state index in [1.54, 1.807) is 0 Å². The van der Waals surface area contributed by atoms with E-state index >= 15 is 0 Å². The molecule has 0 saturated heterocycles. The minimum absolute atomic E-state index is 0.0276. The third-order valence-electron chi connectivity index (χ3n) is 3.92. The van der Waals surface area contributed by atoms with E-state index in [1.807, 2.05) is 13.3 Å². The normalized spacial score (nSPS) is 12.8. The van der Waals surface area contributed by atoms with E-state index in [-0.39, 0.29) is 6.04 Å². The molecule has 108 valence electrons. The summed E-state index contributed by atoms with van der Waals surface area (Å²) in [6.07, 6.45) is 1.87. The monoisotopic (exact) mass is 343 g/mol. The fraction of sp³-hybridized carbons (Fsp3) is 0.235. The van der Waals surface area contributed by atoms with E-state index in [0.29, 0.717) is 0 Å². The van der Waals surface area contributed by atoms with Crippen molar-refractivity contribution in [2.75, 3.05) is 0 Å². The van der Waals surface area contributed by atoms with Crippen molar-refractivity contribution >= 4 is 27.0 Å². The van der Waals surface area contributed by atoms with Gasteiger partial charge in [-0.05, 0) is 77.7 Å². The lowest BCUT2D eigenvalue weighted by Gasteiger charge is -2.12. The number of fused-ring (bicyclic) bond motifs is 1. The van der Waals surface area contributed by atoms with E-state index < -0.39 is 0 Å². The molecular weight excluding hydrogens is 326 g/mol. The van der Waals surface area contributed by atoms with Crippen molar-refractivity contribution in [3.63, 3.8) is 0 Å². The molecule has 1 atom stereocenters. The molecule has 2 N–H and O–H groups in total. The third kappa shape index (κ3) is 2.49. The average Bonchev–Trinajstić information content (AvgIpc) is 2.82. The molecule has 0 unspecified atom stereocenters. The minimum atomic E-state index is 0.0276. The van der Waals surface area contributed by atoms with Gasteiger partial charge in [0.1, 0.15) is 6.33 Å². The first-order chi connectivity index (χ1) is 9.97. The molecule has 0 amide bonds. The summed E-state index contributed by atoms with van der Waals surface area (Å²) in [7, 11) is 0. The van der Waals surface area contributed by atoms with Gasteiger partial charge in [-0.1, -0.05) is 6.07 Å². The number of rotatable bonds is 2. The number of nitrogens with two attached hydrogens (primary N) is 1. The first kappa shape index (κ1) is 14.3. The van der Waals surface area contributed by atoms with Crippen LogP contribution in [-0.4, -0.2) is 9.55 Å². The molecule has 0 fully saturated rings. The summed E-state index contributed by atoms with van der Waals surface area (Å²) in [4.78, 5) is 4.51. The average molecular weight is 344 g/mol. The first-order valence-corrected chi connectivity index (χ1v) is 7.76. The predicted octanol–water partition coefficient (Wildman–Crippen LogP) is 4.42. The van der Waals surface area contributed by atoms with Crippen molar-refractivity contribution in [3.05, 3.63) is 57.8 Å². The molecular formula is C17H18BrN3. The van der Waals surface area contributed by atoms with Crippen LogP contribution in [0.2, 0.25) is 0 Å². The van der Waals surface area contributed by atoms with Crippen LogP contribution in [0.3, 0.4) is 0 Å². The molecule has 2 aromatic carbocycles. The van der Waals surface area contributed by atoms with Gasteiger partial charge in [-0.15, -0.1) is 0 Å². The summed E-state index contributed by atoms with van der Waals surface area (Å²) in [5.74, 6) is 0. The summed E-state index contributed by atoms with van der Waals surface area (Å²) in [5.41, 5.74) is 12.8. The van der Waals surface area contributed by atoms with Crippen molar-refractivity contribution in [3.8, 4) is 5.69 Å². The number of aromatic nitrogens is 2. The van der Waals surface area contributed by atoms with E-state index in [1.165, 1.54) is 11.1 Å². The molecule has 3 nitrogen and oxygen atoms in total. The van der Waals surface area contributed by atoms with Crippen molar-refractivity contribution in [2.45, 2.75) is 26.8 Å². The van der Waals surface area contributed by atoms with Gasteiger partial charge in [0.25, 0.3) is 0 Å². The van der Waals surface area contributed by atoms with Crippen LogP contribution >= 0.6 is 15.9 Å². The van der Waals surface area contributed by atoms with Crippen LogP contribution in [0.1, 0.15) is 29.7 Å². The quantitative estimate of drug-likeness (QED) is 0.748. The maximum absolute atomic E-state index is 5.94. The Labute approximate surface area is 132 Å². The SMILES string of the molecule is Cc1cc2ncn(-c3ccc([C@@H](C)N)cc3Br)c2cc1C. The van der Waals surface area contributed by atoms with Gasteiger partial charge in [-0.2, -0.15) is 0 Å². The van der Waals surface area contributed by atoms with Gasteiger partial charge in [0.2, 0.25) is 0 Å². The van der Waals surface area contributed by atoms with Gasteiger partial charge in [0, 0.05) is 10.5 Å². The number of nitrogens with zero attached hydrogens (tertiary/aromatic N) is 2. The summed E-state index contributed by atoms with van der Waals surface area (Å²) >= 11 is 3.65. The molecule has 0 bridgehead atoms. The standard InChI is InChI=1S/C17H18BrN3/c1-10-6-15-17(7-11(10)2)21(9-20-15)16-5-4-13(12(3)19)8-14(16)18/h4-9,12H,19H2,1-3H3/t12-/m1/s1. The molecule has 0 spiro atoms. The summed E-state index contributed by atoms with van der Waals surface area (Å²) in [6.45, 7) is 6.22. The van der Waals surface area contributed by atoms with Crippen molar-refractivity contribution in [1.29, 1.82) is 0 Å². The Morgan fingerprint density at radius 2 is 1.86 bits per heavy atom. The number of aryl methyl sites for hydroxylation is 2. The summed E-state index contributed by atoms with van der Waals surface area (Å²) < 4.78 is 3.13.